The van der Waals surface area contributed by atoms with Crippen LogP contribution in [0.1, 0.15) is 32.1 Å². The van der Waals surface area contributed by atoms with Gasteiger partial charge in [0.05, 0.1) is 11.5 Å². The van der Waals surface area contributed by atoms with E-state index in [4.69, 9.17) is 5.73 Å². The van der Waals surface area contributed by atoms with Crippen molar-refractivity contribution in [1.82, 2.24) is 0 Å². The molecule has 14 heavy (non-hydrogen) atoms. The summed E-state index contributed by atoms with van der Waals surface area (Å²) in [6.45, 7) is 0. The van der Waals surface area contributed by atoms with Gasteiger partial charge in [0.2, 0.25) is 0 Å². The highest BCUT2D eigenvalue weighted by Gasteiger charge is 2.32. The van der Waals surface area contributed by atoms with Crippen LogP contribution < -0.4 is 5.73 Å². The number of sulfone groups is 1. The van der Waals surface area contributed by atoms with Gasteiger partial charge in [0.1, 0.15) is 0 Å². The first-order valence-electron chi connectivity index (χ1n) is 5.53. The van der Waals surface area contributed by atoms with Crippen molar-refractivity contribution in [1.29, 1.82) is 0 Å². The summed E-state index contributed by atoms with van der Waals surface area (Å²) in [6.07, 6.45) is 5.31. The molecule has 4 heteroatoms. The van der Waals surface area contributed by atoms with Gasteiger partial charge in [-0.3, -0.25) is 0 Å². The van der Waals surface area contributed by atoms with Crippen LogP contribution in [0.25, 0.3) is 0 Å². The van der Waals surface area contributed by atoms with Gasteiger partial charge in [-0.15, -0.1) is 0 Å². The zero-order valence-corrected chi connectivity index (χ0v) is 9.30. The summed E-state index contributed by atoms with van der Waals surface area (Å²) in [5.41, 5.74) is 6.00. The molecule has 0 amide bonds. The summed E-state index contributed by atoms with van der Waals surface area (Å²) in [5.74, 6) is 1.80. The lowest BCUT2D eigenvalue weighted by Crippen LogP contribution is -2.32. The van der Waals surface area contributed by atoms with E-state index < -0.39 is 9.84 Å². The minimum Gasteiger partial charge on any atom is -0.327 e. The molecule has 1 heterocycles. The van der Waals surface area contributed by atoms with Crippen molar-refractivity contribution in [2.24, 2.45) is 17.6 Å². The first-order chi connectivity index (χ1) is 6.57. The molecule has 0 aromatic rings. The van der Waals surface area contributed by atoms with Gasteiger partial charge in [-0.1, -0.05) is 0 Å². The molecule has 0 aromatic carbocycles. The van der Waals surface area contributed by atoms with Crippen LogP contribution in [-0.2, 0) is 9.84 Å². The summed E-state index contributed by atoms with van der Waals surface area (Å²) in [5, 5.41) is 0. The normalized spacial score (nSPS) is 33.9. The molecule has 0 radical (unpaired) electrons. The number of hydrogen-bond acceptors (Lipinski definition) is 3. The van der Waals surface area contributed by atoms with Crippen molar-refractivity contribution in [3.63, 3.8) is 0 Å². The molecule has 1 aliphatic carbocycles. The highest BCUT2D eigenvalue weighted by molar-refractivity contribution is 7.91. The van der Waals surface area contributed by atoms with E-state index in [1.165, 1.54) is 12.8 Å². The zero-order chi connectivity index (χ0) is 10.2. The summed E-state index contributed by atoms with van der Waals surface area (Å²) in [7, 11) is -2.74. The van der Waals surface area contributed by atoms with E-state index in [2.05, 4.69) is 0 Å². The smallest absolute Gasteiger partial charge is 0.150 e. The molecule has 1 saturated carbocycles. The molecule has 0 spiro atoms. The van der Waals surface area contributed by atoms with Gasteiger partial charge in [-0.2, -0.15) is 0 Å². The predicted octanol–water partition coefficient (Wildman–Crippen LogP) is 0.939. The van der Waals surface area contributed by atoms with Crippen LogP contribution in [0.4, 0.5) is 0 Å². The molecule has 2 rings (SSSR count). The lowest BCUT2D eigenvalue weighted by molar-refractivity contribution is 0.398. The quantitative estimate of drug-likeness (QED) is 0.765. The Kier molecular flexibility index (Phi) is 2.84. The number of rotatable bonds is 3. The third-order valence-corrected chi connectivity index (χ3v) is 5.28. The molecule has 0 aromatic heterocycles. The largest absolute Gasteiger partial charge is 0.327 e. The van der Waals surface area contributed by atoms with Crippen LogP contribution in [0.3, 0.4) is 0 Å². The van der Waals surface area contributed by atoms with E-state index in [0.717, 1.165) is 19.3 Å². The maximum Gasteiger partial charge on any atom is 0.150 e. The van der Waals surface area contributed by atoms with Crippen LogP contribution in [0, 0.1) is 11.8 Å². The van der Waals surface area contributed by atoms with Gasteiger partial charge in [0.25, 0.3) is 0 Å². The van der Waals surface area contributed by atoms with Gasteiger partial charge < -0.3 is 5.73 Å². The molecule has 82 valence electrons. The minimum absolute atomic E-state index is 0.258. The molecule has 2 atom stereocenters. The second-order valence-electron chi connectivity index (χ2n) is 4.86. The first-order valence-corrected chi connectivity index (χ1v) is 7.35. The highest BCUT2D eigenvalue weighted by atomic mass is 32.2. The Hall–Kier alpha value is -0.0900. The van der Waals surface area contributed by atoms with Crippen LogP contribution in [0.2, 0.25) is 0 Å². The Labute approximate surface area is 86.0 Å². The van der Waals surface area contributed by atoms with Crippen LogP contribution in [-0.4, -0.2) is 26.0 Å². The fourth-order valence-corrected chi connectivity index (χ4v) is 4.20. The van der Waals surface area contributed by atoms with E-state index in [1.54, 1.807) is 0 Å². The lowest BCUT2D eigenvalue weighted by atomic mass is 9.95. The average molecular weight is 217 g/mol. The topological polar surface area (TPSA) is 60.2 Å². The fourth-order valence-electron chi connectivity index (χ4n) is 2.41. The summed E-state index contributed by atoms with van der Waals surface area (Å²) in [6, 6.07) is 0.258. The second-order valence-corrected chi connectivity index (χ2v) is 7.09. The number of nitrogens with two attached hydrogens (primary N) is 1. The molecule has 2 fully saturated rings. The maximum atomic E-state index is 11.4. The summed E-state index contributed by atoms with van der Waals surface area (Å²) in [4.78, 5) is 0. The first kappa shape index (κ1) is 10.4. The Balaban J connectivity index is 1.85. The summed E-state index contributed by atoms with van der Waals surface area (Å²) < 4.78 is 22.8. The van der Waals surface area contributed by atoms with Gasteiger partial charge in [-0.05, 0) is 43.9 Å². The van der Waals surface area contributed by atoms with Crippen LogP contribution in [0.15, 0.2) is 0 Å². The standard InChI is InChI=1S/C10H19NO2S/c11-10(9-3-4-9)6-8-2-1-5-14(12,13)7-8/h8-10H,1-7,11H2. The van der Waals surface area contributed by atoms with E-state index in [0.29, 0.717) is 23.3 Å². The highest BCUT2D eigenvalue weighted by Crippen LogP contribution is 2.35. The van der Waals surface area contributed by atoms with E-state index in [9.17, 15) is 8.42 Å². The molecular weight excluding hydrogens is 198 g/mol. The van der Waals surface area contributed by atoms with Gasteiger partial charge in [0.15, 0.2) is 9.84 Å². The molecule has 2 aliphatic rings. The Morgan fingerprint density at radius 2 is 2.00 bits per heavy atom. The predicted molar refractivity (Wildman–Crippen MR) is 56.7 cm³/mol. The van der Waals surface area contributed by atoms with Crippen molar-refractivity contribution in [2.75, 3.05) is 11.5 Å². The van der Waals surface area contributed by atoms with Crippen LogP contribution in [0.5, 0.6) is 0 Å². The molecule has 2 unspecified atom stereocenters. The molecule has 1 saturated heterocycles. The molecule has 0 bridgehead atoms. The van der Waals surface area contributed by atoms with Crippen molar-refractivity contribution >= 4 is 9.84 Å². The maximum absolute atomic E-state index is 11.4. The van der Waals surface area contributed by atoms with Crippen LogP contribution >= 0.6 is 0 Å². The minimum atomic E-state index is -2.74. The van der Waals surface area contributed by atoms with Crippen molar-refractivity contribution < 1.29 is 8.42 Å². The summed E-state index contributed by atoms with van der Waals surface area (Å²) >= 11 is 0. The lowest BCUT2D eigenvalue weighted by Gasteiger charge is -2.24. The van der Waals surface area contributed by atoms with E-state index in [-0.39, 0.29) is 6.04 Å². The Bertz CT molecular complexity index is 295. The monoisotopic (exact) mass is 217 g/mol. The molecule has 1 aliphatic heterocycles. The van der Waals surface area contributed by atoms with Gasteiger partial charge in [0, 0.05) is 6.04 Å². The second kappa shape index (κ2) is 3.81. The van der Waals surface area contributed by atoms with E-state index in [1.807, 2.05) is 0 Å². The number of hydrogen-bond donors (Lipinski definition) is 1. The third kappa shape index (κ3) is 2.70. The Morgan fingerprint density at radius 3 is 2.57 bits per heavy atom. The van der Waals surface area contributed by atoms with Crippen molar-refractivity contribution in [2.45, 2.75) is 38.1 Å². The van der Waals surface area contributed by atoms with Gasteiger partial charge >= 0.3 is 0 Å². The van der Waals surface area contributed by atoms with Gasteiger partial charge in [-0.25, -0.2) is 8.42 Å². The molecular formula is C10H19NO2S. The fraction of sp³-hybridized carbons (Fsp3) is 1.00. The van der Waals surface area contributed by atoms with Crippen molar-refractivity contribution in [3.8, 4) is 0 Å². The third-order valence-electron chi connectivity index (χ3n) is 3.39. The molecule has 3 nitrogen and oxygen atoms in total. The van der Waals surface area contributed by atoms with E-state index >= 15 is 0 Å². The van der Waals surface area contributed by atoms with Crippen molar-refractivity contribution in [3.05, 3.63) is 0 Å². The zero-order valence-electron chi connectivity index (χ0n) is 8.48. The SMILES string of the molecule is NC(CC1CCCS(=O)(=O)C1)C1CC1. The average Bonchev–Trinajstić information content (AvgIpc) is 2.83. The Morgan fingerprint density at radius 1 is 1.29 bits per heavy atom. The molecule has 2 N–H and O–H groups in total.